The average molecular weight is 185 g/mol. The molecule has 1 rings (SSSR count). The van der Waals surface area contributed by atoms with Crippen molar-refractivity contribution in [3.8, 4) is 0 Å². The molecule has 0 saturated heterocycles. The Balaban J connectivity index is 3.08. The van der Waals surface area contributed by atoms with Crippen LogP contribution in [0.1, 0.15) is 0 Å². The number of nitrogens with one attached hydrogen (secondary N) is 1. The van der Waals surface area contributed by atoms with Gasteiger partial charge in [0.05, 0.1) is 5.69 Å². The molecule has 0 aliphatic carbocycles. The first-order chi connectivity index (χ1) is 6.02. The van der Waals surface area contributed by atoms with Crippen molar-refractivity contribution in [3.63, 3.8) is 0 Å². The van der Waals surface area contributed by atoms with Gasteiger partial charge in [0.1, 0.15) is 11.6 Å². The van der Waals surface area contributed by atoms with Gasteiger partial charge in [-0.1, -0.05) is 0 Å². The van der Waals surface area contributed by atoms with Crippen LogP contribution in [0, 0.1) is 17.0 Å². The summed E-state index contributed by atoms with van der Waals surface area (Å²) in [7, 11) is 1.43. The van der Waals surface area contributed by atoms with E-state index in [4.69, 9.17) is 11.1 Å². The topological polar surface area (TPSA) is 53.1 Å². The summed E-state index contributed by atoms with van der Waals surface area (Å²) in [6, 6.07) is 3.08. The van der Waals surface area contributed by atoms with Crippen molar-refractivity contribution in [2.24, 2.45) is 5.73 Å². The third-order valence-electron chi connectivity index (χ3n) is 1.63. The van der Waals surface area contributed by atoms with Gasteiger partial charge in [-0.15, -0.1) is 0 Å². The second kappa shape index (κ2) is 3.38. The average Bonchev–Trinajstić information content (AvgIpc) is 2.03. The normalized spacial score (nSPS) is 9.77. The van der Waals surface area contributed by atoms with Crippen molar-refractivity contribution < 1.29 is 8.78 Å². The lowest BCUT2D eigenvalue weighted by atomic mass is 10.3. The molecule has 5 heteroatoms. The molecule has 0 saturated carbocycles. The molecule has 13 heavy (non-hydrogen) atoms. The summed E-state index contributed by atoms with van der Waals surface area (Å²) in [5, 5.41) is 7.03. The predicted octanol–water partition coefficient (Wildman–Crippen LogP) is 1.29. The van der Waals surface area contributed by atoms with Crippen molar-refractivity contribution in [1.29, 1.82) is 5.41 Å². The number of halogens is 2. The van der Waals surface area contributed by atoms with E-state index in [1.807, 2.05) is 0 Å². The molecule has 0 aromatic heterocycles. The quantitative estimate of drug-likeness (QED) is 0.511. The minimum absolute atomic E-state index is 0.0777. The van der Waals surface area contributed by atoms with Gasteiger partial charge >= 0.3 is 0 Å². The van der Waals surface area contributed by atoms with Crippen LogP contribution < -0.4 is 10.6 Å². The van der Waals surface area contributed by atoms with Gasteiger partial charge in [0.15, 0.2) is 5.96 Å². The van der Waals surface area contributed by atoms with Gasteiger partial charge in [-0.3, -0.25) is 5.41 Å². The highest BCUT2D eigenvalue weighted by Gasteiger charge is 2.09. The van der Waals surface area contributed by atoms with Crippen molar-refractivity contribution in [2.45, 2.75) is 0 Å². The summed E-state index contributed by atoms with van der Waals surface area (Å²) in [5.74, 6) is -1.69. The fraction of sp³-hybridized carbons (Fsp3) is 0.125. The van der Waals surface area contributed by atoms with Gasteiger partial charge in [0.2, 0.25) is 0 Å². The predicted molar refractivity (Wildman–Crippen MR) is 46.7 cm³/mol. The van der Waals surface area contributed by atoms with Crippen molar-refractivity contribution in [1.82, 2.24) is 0 Å². The van der Waals surface area contributed by atoms with Crippen LogP contribution >= 0.6 is 0 Å². The maximum atomic E-state index is 13.0. The van der Waals surface area contributed by atoms with E-state index in [1.165, 1.54) is 13.1 Å². The second-order valence-electron chi connectivity index (χ2n) is 2.54. The van der Waals surface area contributed by atoms with E-state index in [0.29, 0.717) is 0 Å². The third-order valence-corrected chi connectivity index (χ3v) is 1.63. The Labute approximate surface area is 74.3 Å². The zero-order valence-electron chi connectivity index (χ0n) is 7.01. The third kappa shape index (κ3) is 1.93. The first kappa shape index (κ1) is 9.44. The lowest BCUT2D eigenvalue weighted by molar-refractivity contribution is 0.584. The number of nitrogens with zero attached hydrogens (tertiary/aromatic N) is 1. The number of anilines is 1. The van der Waals surface area contributed by atoms with Gasteiger partial charge in [-0.25, -0.2) is 8.78 Å². The van der Waals surface area contributed by atoms with E-state index in [2.05, 4.69) is 0 Å². The molecule has 0 bridgehead atoms. The van der Waals surface area contributed by atoms with E-state index in [0.717, 1.165) is 17.0 Å². The van der Waals surface area contributed by atoms with Crippen LogP contribution in [0.2, 0.25) is 0 Å². The first-order valence-corrected chi connectivity index (χ1v) is 3.55. The maximum absolute atomic E-state index is 13.0. The lowest BCUT2D eigenvalue weighted by Crippen LogP contribution is -2.33. The molecule has 0 atom stereocenters. The lowest BCUT2D eigenvalue weighted by Gasteiger charge is -2.16. The van der Waals surface area contributed by atoms with Crippen LogP contribution in [0.5, 0.6) is 0 Å². The van der Waals surface area contributed by atoms with Crippen LogP contribution in [0.15, 0.2) is 18.2 Å². The summed E-state index contributed by atoms with van der Waals surface area (Å²) in [6.45, 7) is 0. The van der Waals surface area contributed by atoms with E-state index >= 15 is 0 Å². The number of rotatable bonds is 1. The molecular weight excluding hydrogens is 176 g/mol. The maximum Gasteiger partial charge on any atom is 0.192 e. The first-order valence-electron chi connectivity index (χ1n) is 3.55. The number of nitrogens with two attached hydrogens (primary N) is 1. The van der Waals surface area contributed by atoms with E-state index in [1.54, 1.807) is 0 Å². The SMILES string of the molecule is CN(C(=N)N)c1ccc(F)cc1F. The summed E-state index contributed by atoms with van der Waals surface area (Å²) < 4.78 is 25.5. The minimum atomic E-state index is -0.738. The van der Waals surface area contributed by atoms with Gasteiger partial charge in [0, 0.05) is 13.1 Å². The molecule has 0 fully saturated rings. The summed E-state index contributed by atoms with van der Waals surface area (Å²) in [5.41, 5.74) is 5.20. The molecule has 0 radical (unpaired) electrons. The van der Waals surface area contributed by atoms with Crippen molar-refractivity contribution >= 4 is 11.6 Å². The molecule has 0 aliphatic rings. The Morgan fingerprint density at radius 1 is 1.46 bits per heavy atom. The molecule has 0 heterocycles. The van der Waals surface area contributed by atoms with Gasteiger partial charge in [0.25, 0.3) is 0 Å². The Bertz CT molecular complexity index is 338. The van der Waals surface area contributed by atoms with Crippen LogP contribution in [-0.2, 0) is 0 Å². The Kier molecular flexibility index (Phi) is 2.46. The number of hydrogen-bond acceptors (Lipinski definition) is 1. The fourth-order valence-electron chi connectivity index (χ4n) is 0.883. The zero-order chi connectivity index (χ0) is 10.0. The molecule has 0 spiro atoms. The fourth-order valence-corrected chi connectivity index (χ4v) is 0.883. The van der Waals surface area contributed by atoms with Crippen LogP contribution in [-0.4, -0.2) is 13.0 Å². The molecule has 1 aromatic rings. The van der Waals surface area contributed by atoms with E-state index < -0.39 is 11.6 Å². The van der Waals surface area contributed by atoms with Crippen molar-refractivity contribution in [2.75, 3.05) is 11.9 Å². The Hall–Kier alpha value is -1.65. The van der Waals surface area contributed by atoms with Gasteiger partial charge < -0.3 is 10.6 Å². The summed E-state index contributed by atoms with van der Waals surface area (Å²) >= 11 is 0. The summed E-state index contributed by atoms with van der Waals surface area (Å²) in [4.78, 5) is 1.12. The summed E-state index contributed by atoms with van der Waals surface area (Å²) in [6.07, 6.45) is 0. The minimum Gasteiger partial charge on any atom is -0.370 e. The van der Waals surface area contributed by atoms with Crippen LogP contribution in [0.25, 0.3) is 0 Å². The number of benzene rings is 1. The highest BCUT2D eigenvalue weighted by molar-refractivity contribution is 5.91. The zero-order valence-corrected chi connectivity index (χ0v) is 7.01. The Morgan fingerprint density at radius 3 is 2.54 bits per heavy atom. The molecule has 0 aliphatic heterocycles. The van der Waals surface area contributed by atoms with Crippen LogP contribution in [0.4, 0.5) is 14.5 Å². The highest BCUT2D eigenvalue weighted by Crippen LogP contribution is 2.17. The monoisotopic (exact) mass is 185 g/mol. The molecule has 3 nitrogen and oxygen atoms in total. The van der Waals surface area contributed by atoms with Gasteiger partial charge in [-0.05, 0) is 12.1 Å². The second-order valence-corrected chi connectivity index (χ2v) is 2.54. The molecule has 1 aromatic carbocycles. The largest absolute Gasteiger partial charge is 0.370 e. The van der Waals surface area contributed by atoms with Gasteiger partial charge in [-0.2, -0.15) is 0 Å². The molecule has 70 valence electrons. The molecular formula is C8H9F2N3. The van der Waals surface area contributed by atoms with E-state index in [9.17, 15) is 8.78 Å². The molecule has 0 unspecified atom stereocenters. The Morgan fingerprint density at radius 2 is 2.08 bits per heavy atom. The molecule has 0 amide bonds. The smallest absolute Gasteiger partial charge is 0.192 e. The number of guanidine groups is 1. The van der Waals surface area contributed by atoms with Crippen molar-refractivity contribution in [3.05, 3.63) is 29.8 Å². The highest BCUT2D eigenvalue weighted by atomic mass is 19.1. The standard InChI is InChI=1S/C8H9F2N3/c1-13(8(11)12)7-3-2-5(9)4-6(7)10/h2-4H,1H3,(H3,11,12). The van der Waals surface area contributed by atoms with Crippen LogP contribution in [0.3, 0.4) is 0 Å². The number of hydrogen-bond donors (Lipinski definition) is 2. The molecule has 3 N–H and O–H groups in total. The van der Waals surface area contributed by atoms with E-state index in [-0.39, 0.29) is 11.6 Å².